The van der Waals surface area contributed by atoms with Crippen LogP contribution in [0.4, 0.5) is 0 Å². The molecule has 4 heteroatoms. The highest BCUT2D eigenvalue weighted by molar-refractivity contribution is 5.22. The van der Waals surface area contributed by atoms with E-state index in [9.17, 15) is 0 Å². The molecule has 1 aliphatic rings. The molecule has 0 aliphatic carbocycles. The first kappa shape index (κ1) is 14.5. The molecule has 1 aromatic carbocycles. The Morgan fingerprint density at radius 3 is 2.84 bits per heavy atom. The Morgan fingerprint density at radius 2 is 2.16 bits per heavy atom. The Labute approximate surface area is 115 Å². The second kappa shape index (κ2) is 6.48. The summed E-state index contributed by atoms with van der Waals surface area (Å²) < 4.78 is 16.4. The van der Waals surface area contributed by atoms with Gasteiger partial charge in [-0.2, -0.15) is 0 Å². The molecule has 1 heterocycles. The van der Waals surface area contributed by atoms with Gasteiger partial charge in [-0.3, -0.25) is 0 Å². The lowest BCUT2D eigenvalue weighted by Gasteiger charge is -2.17. The summed E-state index contributed by atoms with van der Waals surface area (Å²) in [6, 6.07) is 8.40. The quantitative estimate of drug-likeness (QED) is 0.855. The van der Waals surface area contributed by atoms with Gasteiger partial charge >= 0.3 is 0 Å². The van der Waals surface area contributed by atoms with Gasteiger partial charge in [-0.05, 0) is 25.0 Å². The molecular formula is C15H23NO3. The number of methoxy groups -OCH3 is 1. The minimum Gasteiger partial charge on any atom is -0.380 e. The highest BCUT2D eigenvalue weighted by atomic mass is 16.7. The average Bonchev–Trinajstić information content (AvgIpc) is 2.70. The number of rotatable bonds is 6. The summed E-state index contributed by atoms with van der Waals surface area (Å²) >= 11 is 0. The Balaban J connectivity index is 1.75. The predicted octanol–water partition coefficient (Wildman–Crippen LogP) is 2.07. The fraction of sp³-hybridized carbons (Fsp3) is 0.600. The van der Waals surface area contributed by atoms with E-state index in [0.717, 1.165) is 13.1 Å². The summed E-state index contributed by atoms with van der Waals surface area (Å²) in [4.78, 5) is 0. The minimum atomic E-state index is -0.440. The topological polar surface area (TPSA) is 39.7 Å². The summed E-state index contributed by atoms with van der Waals surface area (Å²) in [5, 5.41) is 3.40. The van der Waals surface area contributed by atoms with Crippen molar-refractivity contribution in [3.8, 4) is 0 Å². The fourth-order valence-corrected chi connectivity index (χ4v) is 2.24. The van der Waals surface area contributed by atoms with Crippen molar-refractivity contribution in [2.75, 3.05) is 20.3 Å². The van der Waals surface area contributed by atoms with Crippen LogP contribution in [0, 0.1) is 0 Å². The molecule has 2 rings (SSSR count). The van der Waals surface area contributed by atoms with Gasteiger partial charge in [0.05, 0.1) is 19.3 Å². The number of hydrogen-bond acceptors (Lipinski definition) is 4. The van der Waals surface area contributed by atoms with E-state index in [-0.39, 0.29) is 6.10 Å². The van der Waals surface area contributed by atoms with Crippen molar-refractivity contribution in [1.82, 2.24) is 5.32 Å². The average molecular weight is 265 g/mol. The summed E-state index contributed by atoms with van der Waals surface area (Å²) in [5.74, 6) is -0.440. The van der Waals surface area contributed by atoms with Gasteiger partial charge in [0.1, 0.15) is 0 Å². The molecule has 0 radical (unpaired) electrons. The van der Waals surface area contributed by atoms with Crippen molar-refractivity contribution < 1.29 is 14.2 Å². The third-order valence-electron chi connectivity index (χ3n) is 3.07. The lowest BCUT2D eigenvalue weighted by atomic mass is 10.1. The van der Waals surface area contributed by atoms with Crippen LogP contribution in [0.2, 0.25) is 0 Å². The summed E-state index contributed by atoms with van der Waals surface area (Å²) in [6.07, 6.45) is 0.136. The van der Waals surface area contributed by atoms with Gasteiger partial charge in [0.15, 0.2) is 5.79 Å². The van der Waals surface area contributed by atoms with Gasteiger partial charge < -0.3 is 19.5 Å². The molecule has 0 saturated carbocycles. The first-order chi connectivity index (χ1) is 9.09. The third-order valence-corrected chi connectivity index (χ3v) is 3.07. The predicted molar refractivity (Wildman–Crippen MR) is 73.8 cm³/mol. The Bertz CT molecular complexity index is 406. The molecule has 1 saturated heterocycles. The molecule has 0 spiro atoms. The molecule has 1 aliphatic heterocycles. The van der Waals surface area contributed by atoms with Crippen LogP contribution in [0.25, 0.3) is 0 Å². The van der Waals surface area contributed by atoms with Crippen molar-refractivity contribution in [3.63, 3.8) is 0 Å². The van der Waals surface area contributed by atoms with Crippen molar-refractivity contribution in [3.05, 3.63) is 35.4 Å². The normalized spacial score (nSPS) is 21.7. The number of benzene rings is 1. The Kier molecular flexibility index (Phi) is 4.93. The molecule has 0 amide bonds. The van der Waals surface area contributed by atoms with Crippen LogP contribution in [0.15, 0.2) is 24.3 Å². The van der Waals surface area contributed by atoms with E-state index in [1.165, 1.54) is 11.1 Å². The molecule has 19 heavy (non-hydrogen) atoms. The fourth-order valence-electron chi connectivity index (χ4n) is 2.24. The zero-order valence-electron chi connectivity index (χ0n) is 11.9. The maximum absolute atomic E-state index is 5.74. The molecule has 1 N–H and O–H groups in total. The molecule has 106 valence electrons. The zero-order chi connectivity index (χ0) is 13.7. The third kappa shape index (κ3) is 4.58. The van der Waals surface area contributed by atoms with Crippen molar-refractivity contribution >= 4 is 0 Å². The van der Waals surface area contributed by atoms with E-state index in [4.69, 9.17) is 14.2 Å². The minimum absolute atomic E-state index is 0.136. The molecule has 1 fully saturated rings. The van der Waals surface area contributed by atoms with Crippen LogP contribution in [-0.4, -0.2) is 32.2 Å². The second-order valence-electron chi connectivity index (χ2n) is 5.33. The number of nitrogens with one attached hydrogen (secondary N) is 1. The SMILES string of the molecule is COCc1cccc(CNCC2COC(C)(C)O2)c1. The first-order valence-corrected chi connectivity index (χ1v) is 6.68. The van der Waals surface area contributed by atoms with Gasteiger partial charge in [0, 0.05) is 20.2 Å². The van der Waals surface area contributed by atoms with Crippen LogP contribution in [0.1, 0.15) is 25.0 Å². The van der Waals surface area contributed by atoms with E-state index >= 15 is 0 Å². The number of ether oxygens (including phenoxy) is 3. The molecule has 4 nitrogen and oxygen atoms in total. The van der Waals surface area contributed by atoms with Crippen molar-refractivity contribution in [2.24, 2.45) is 0 Å². The first-order valence-electron chi connectivity index (χ1n) is 6.68. The lowest BCUT2D eigenvalue weighted by molar-refractivity contribution is -0.137. The highest BCUT2D eigenvalue weighted by Crippen LogP contribution is 2.21. The molecule has 0 aromatic heterocycles. The van der Waals surface area contributed by atoms with E-state index in [1.54, 1.807) is 7.11 Å². The zero-order valence-corrected chi connectivity index (χ0v) is 11.9. The van der Waals surface area contributed by atoms with E-state index < -0.39 is 5.79 Å². The van der Waals surface area contributed by atoms with Crippen LogP contribution >= 0.6 is 0 Å². The van der Waals surface area contributed by atoms with Crippen molar-refractivity contribution in [1.29, 1.82) is 0 Å². The monoisotopic (exact) mass is 265 g/mol. The maximum Gasteiger partial charge on any atom is 0.163 e. The van der Waals surface area contributed by atoms with Crippen LogP contribution in [-0.2, 0) is 27.4 Å². The van der Waals surface area contributed by atoms with Crippen LogP contribution in [0.3, 0.4) is 0 Å². The Morgan fingerprint density at radius 1 is 1.37 bits per heavy atom. The number of hydrogen-bond donors (Lipinski definition) is 1. The van der Waals surface area contributed by atoms with Gasteiger partial charge in [0.2, 0.25) is 0 Å². The molecular weight excluding hydrogens is 242 g/mol. The molecule has 0 bridgehead atoms. The van der Waals surface area contributed by atoms with Gasteiger partial charge in [-0.15, -0.1) is 0 Å². The van der Waals surface area contributed by atoms with E-state index in [0.29, 0.717) is 13.2 Å². The summed E-state index contributed by atoms with van der Waals surface area (Å²) in [6.45, 7) is 6.84. The van der Waals surface area contributed by atoms with Crippen LogP contribution < -0.4 is 5.32 Å². The van der Waals surface area contributed by atoms with Crippen LogP contribution in [0.5, 0.6) is 0 Å². The second-order valence-corrected chi connectivity index (χ2v) is 5.33. The molecule has 1 aromatic rings. The smallest absolute Gasteiger partial charge is 0.163 e. The van der Waals surface area contributed by atoms with Gasteiger partial charge in [-0.25, -0.2) is 0 Å². The molecule has 1 unspecified atom stereocenters. The van der Waals surface area contributed by atoms with E-state index in [2.05, 4.69) is 29.6 Å². The highest BCUT2D eigenvalue weighted by Gasteiger charge is 2.32. The van der Waals surface area contributed by atoms with Crippen molar-refractivity contribution in [2.45, 2.75) is 38.9 Å². The molecule has 1 atom stereocenters. The van der Waals surface area contributed by atoms with Gasteiger partial charge in [0.25, 0.3) is 0 Å². The standard InChI is InChI=1S/C15H23NO3/c1-15(2)18-11-14(19-15)9-16-8-12-5-4-6-13(7-12)10-17-3/h4-7,14,16H,8-11H2,1-3H3. The van der Waals surface area contributed by atoms with Gasteiger partial charge in [-0.1, -0.05) is 24.3 Å². The largest absolute Gasteiger partial charge is 0.380 e. The lowest BCUT2D eigenvalue weighted by Crippen LogP contribution is -2.30. The Hall–Kier alpha value is -0.940. The van der Waals surface area contributed by atoms with E-state index in [1.807, 2.05) is 13.8 Å². The maximum atomic E-state index is 5.74. The summed E-state index contributed by atoms with van der Waals surface area (Å²) in [7, 11) is 1.71. The summed E-state index contributed by atoms with van der Waals surface area (Å²) in [5.41, 5.74) is 2.45.